The number of nitriles is 1. The summed E-state index contributed by atoms with van der Waals surface area (Å²) >= 11 is 0. The first kappa shape index (κ1) is 18.9. The third kappa shape index (κ3) is 3.12. The van der Waals surface area contributed by atoms with E-state index in [0.29, 0.717) is 18.7 Å². The van der Waals surface area contributed by atoms with Gasteiger partial charge in [0.1, 0.15) is 0 Å². The number of fused-ring (bicyclic) bond motifs is 2. The zero-order chi connectivity index (χ0) is 21.4. The number of anilines is 1. The summed E-state index contributed by atoms with van der Waals surface area (Å²) < 4.78 is 2.15. The van der Waals surface area contributed by atoms with E-state index in [1.807, 2.05) is 78.6 Å². The van der Waals surface area contributed by atoms with Crippen LogP contribution in [0.25, 0.3) is 22.6 Å². The molecule has 0 saturated heterocycles. The van der Waals surface area contributed by atoms with Crippen LogP contribution >= 0.6 is 0 Å². The van der Waals surface area contributed by atoms with Crippen LogP contribution in [0.2, 0.25) is 0 Å². The number of hydrogen-bond acceptors (Lipinski definition) is 2. The monoisotopic (exact) mass is 403 g/mol. The quantitative estimate of drug-likeness (QED) is 0.424. The smallest absolute Gasteiger partial charge is 0.258 e. The van der Waals surface area contributed by atoms with Gasteiger partial charge in [-0.1, -0.05) is 54.6 Å². The van der Waals surface area contributed by atoms with E-state index in [1.54, 1.807) is 0 Å². The highest BCUT2D eigenvalue weighted by molar-refractivity contribution is 6.36. The van der Waals surface area contributed by atoms with Crippen molar-refractivity contribution in [2.75, 3.05) is 11.4 Å². The molecule has 1 aromatic heterocycles. The molecule has 4 heteroatoms. The number of carbonyl (C=O) groups excluding carboxylic acids is 1. The summed E-state index contributed by atoms with van der Waals surface area (Å²) in [4.78, 5) is 15.0. The topological polar surface area (TPSA) is 49.0 Å². The lowest BCUT2D eigenvalue weighted by atomic mass is 10.0. The Balaban J connectivity index is 1.64. The minimum Gasteiger partial charge on any atom is -0.342 e. The van der Waals surface area contributed by atoms with E-state index in [0.717, 1.165) is 38.9 Å². The maximum atomic E-state index is 13.1. The summed E-state index contributed by atoms with van der Waals surface area (Å²) in [5, 5.41) is 10.6. The SMILES string of the molecule is CCN1C(=O)/C(=C/c2cn(Cc3ccccc3C#N)c3ccccc23)c2ccccc21. The average Bonchev–Trinajstić information content (AvgIpc) is 3.29. The van der Waals surface area contributed by atoms with E-state index in [9.17, 15) is 10.1 Å². The summed E-state index contributed by atoms with van der Waals surface area (Å²) in [6, 6.07) is 26.1. The maximum Gasteiger partial charge on any atom is 0.258 e. The molecule has 4 aromatic rings. The van der Waals surface area contributed by atoms with Gasteiger partial charge < -0.3 is 9.47 Å². The van der Waals surface area contributed by atoms with Crippen LogP contribution in [-0.2, 0) is 11.3 Å². The van der Waals surface area contributed by atoms with Gasteiger partial charge in [-0.05, 0) is 36.8 Å². The van der Waals surface area contributed by atoms with Gasteiger partial charge in [0.15, 0.2) is 0 Å². The Morgan fingerprint density at radius 3 is 2.55 bits per heavy atom. The van der Waals surface area contributed by atoms with Crippen LogP contribution < -0.4 is 4.90 Å². The number of likely N-dealkylation sites (N-methyl/N-ethyl adjacent to an activating group) is 1. The van der Waals surface area contributed by atoms with Gasteiger partial charge in [0.2, 0.25) is 0 Å². The molecule has 5 rings (SSSR count). The molecule has 0 radical (unpaired) electrons. The first-order valence-electron chi connectivity index (χ1n) is 10.4. The number of nitrogens with zero attached hydrogens (tertiary/aromatic N) is 3. The zero-order valence-corrected chi connectivity index (χ0v) is 17.2. The Morgan fingerprint density at radius 2 is 1.71 bits per heavy atom. The van der Waals surface area contributed by atoms with Gasteiger partial charge in [0.25, 0.3) is 5.91 Å². The van der Waals surface area contributed by atoms with Crippen LogP contribution in [0, 0.1) is 11.3 Å². The fourth-order valence-electron chi connectivity index (χ4n) is 4.39. The van der Waals surface area contributed by atoms with Gasteiger partial charge >= 0.3 is 0 Å². The molecule has 0 fully saturated rings. The first-order valence-corrected chi connectivity index (χ1v) is 10.4. The molecule has 0 N–H and O–H groups in total. The van der Waals surface area contributed by atoms with Crippen LogP contribution in [0.3, 0.4) is 0 Å². The number of aromatic nitrogens is 1. The Labute approximate surface area is 181 Å². The third-order valence-electron chi connectivity index (χ3n) is 5.87. The highest BCUT2D eigenvalue weighted by Crippen LogP contribution is 2.38. The molecular formula is C27H21N3O. The number of rotatable bonds is 4. The van der Waals surface area contributed by atoms with Crippen LogP contribution in [0.5, 0.6) is 0 Å². The molecule has 150 valence electrons. The lowest BCUT2D eigenvalue weighted by Gasteiger charge is -2.13. The van der Waals surface area contributed by atoms with Crippen molar-refractivity contribution in [2.24, 2.45) is 0 Å². The van der Waals surface area contributed by atoms with Gasteiger partial charge in [-0.3, -0.25) is 4.79 Å². The van der Waals surface area contributed by atoms with Crippen molar-refractivity contribution in [3.63, 3.8) is 0 Å². The van der Waals surface area contributed by atoms with E-state index in [-0.39, 0.29) is 5.91 Å². The predicted octanol–water partition coefficient (Wildman–Crippen LogP) is 5.47. The van der Waals surface area contributed by atoms with Crippen molar-refractivity contribution >= 4 is 34.1 Å². The average molecular weight is 403 g/mol. The highest BCUT2D eigenvalue weighted by Gasteiger charge is 2.31. The van der Waals surface area contributed by atoms with Gasteiger partial charge in [0, 0.05) is 46.9 Å². The number of benzene rings is 3. The van der Waals surface area contributed by atoms with Crippen molar-refractivity contribution in [3.8, 4) is 6.07 Å². The summed E-state index contributed by atoms with van der Waals surface area (Å²) in [5.74, 6) is 0.0374. The molecule has 0 bridgehead atoms. The molecule has 1 aliphatic rings. The summed E-state index contributed by atoms with van der Waals surface area (Å²) in [6.07, 6.45) is 4.09. The highest BCUT2D eigenvalue weighted by atomic mass is 16.2. The van der Waals surface area contributed by atoms with Crippen LogP contribution in [-0.4, -0.2) is 17.0 Å². The molecule has 0 spiro atoms. The van der Waals surface area contributed by atoms with Crippen LogP contribution in [0.15, 0.2) is 79.0 Å². The minimum absolute atomic E-state index is 0.0374. The number of carbonyl (C=O) groups is 1. The molecule has 0 saturated carbocycles. The summed E-state index contributed by atoms with van der Waals surface area (Å²) in [5.41, 5.74) is 6.39. The van der Waals surface area contributed by atoms with Gasteiger partial charge in [-0.2, -0.15) is 5.26 Å². The van der Waals surface area contributed by atoms with Crippen molar-refractivity contribution in [1.82, 2.24) is 4.57 Å². The fourth-order valence-corrected chi connectivity index (χ4v) is 4.39. The summed E-state index contributed by atoms with van der Waals surface area (Å²) in [6.45, 7) is 3.23. The molecule has 1 amide bonds. The molecule has 31 heavy (non-hydrogen) atoms. The lowest BCUT2D eigenvalue weighted by Crippen LogP contribution is -2.25. The fraction of sp³-hybridized carbons (Fsp3) is 0.111. The number of hydrogen-bond donors (Lipinski definition) is 0. The normalized spacial score (nSPS) is 14.3. The number of amides is 1. The third-order valence-corrected chi connectivity index (χ3v) is 5.87. The van der Waals surface area contributed by atoms with Gasteiger partial charge in [0.05, 0.1) is 17.3 Å². The maximum absolute atomic E-state index is 13.1. The first-order chi connectivity index (χ1) is 15.2. The van der Waals surface area contributed by atoms with Crippen LogP contribution in [0.1, 0.15) is 29.2 Å². The predicted molar refractivity (Wildman–Crippen MR) is 125 cm³/mol. The van der Waals surface area contributed by atoms with Crippen molar-refractivity contribution in [2.45, 2.75) is 13.5 Å². The van der Waals surface area contributed by atoms with E-state index < -0.39 is 0 Å². The second kappa shape index (κ2) is 7.62. The van der Waals surface area contributed by atoms with Crippen molar-refractivity contribution < 1.29 is 4.79 Å². The molecule has 3 aromatic carbocycles. The minimum atomic E-state index is 0.0374. The lowest BCUT2D eigenvalue weighted by molar-refractivity contribution is -0.112. The Morgan fingerprint density at radius 1 is 0.968 bits per heavy atom. The van der Waals surface area contributed by atoms with E-state index in [1.165, 1.54) is 0 Å². The van der Waals surface area contributed by atoms with Gasteiger partial charge in [-0.25, -0.2) is 0 Å². The standard InChI is InChI=1S/C27H21N3O/c1-2-30-26-14-8-6-12-23(26)24(27(30)31)15-21-18-29(25-13-7-5-11-22(21)25)17-20-10-4-3-9-19(20)16-28/h3-15,18H,2,17H2,1H3/b24-15+. The van der Waals surface area contributed by atoms with E-state index in [2.05, 4.69) is 29.0 Å². The van der Waals surface area contributed by atoms with Gasteiger partial charge in [-0.15, -0.1) is 0 Å². The number of para-hydroxylation sites is 2. The van der Waals surface area contributed by atoms with E-state index in [4.69, 9.17) is 0 Å². The Bertz CT molecular complexity index is 1390. The molecule has 0 aliphatic carbocycles. The Kier molecular flexibility index (Phi) is 4.65. The van der Waals surface area contributed by atoms with Crippen molar-refractivity contribution in [1.29, 1.82) is 5.26 Å². The molecule has 0 atom stereocenters. The molecular weight excluding hydrogens is 382 g/mol. The second-order valence-corrected chi connectivity index (χ2v) is 7.62. The van der Waals surface area contributed by atoms with E-state index >= 15 is 0 Å². The molecule has 2 heterocycles. The largest absolute Gasteiger partial charge is 0.342 e. The zero-order valence-electron chi connectivity index (χ0n) is 17.2. The second-order valence-electron chi connectivity index (χ2n) is 7.62. The molecule has 1 aliphatic heterocycles. The molecule has 4 nitrogen and oxygen atoms in total. The van der Waals surface area contributed by atoms with Crippen LogP contribution in [0.4, 0.5) is 5.69 Å². The summed E-state index contributed by atoms with van der Waals surface area (Å²) in [7, 11) is 0. The Hall–Kier alpha value is -4.10. The van der Waals surface area contributed by atoms with Crippen molar-refractivity contribution in [3.05, 3.63) is 101 Å². The molecule has 0 unspecified atom stereocenters.